The average Bonchev–Trinajstić information content (AvgIpc) is 2.71. The van der Waals surface area contributed by atoms with Crippen LogP contribution in [0.4, 0.5) is 0 Å². The van der Waals surface area contributed by atoms with E-state index in [0.717, 1.165) is 16.8 Å². The molecule has 2 aromatic rings. The highest BCUT2D eigenvalue weighted by atomic mass is 32.1. The molecule has 88 valence electrons. The first kappa shape index (κ1) is 11.1. The van der Waals surface area contributed by atoms with E-state index < -0.39 is 0 Å². The zero-order chi connectivity index (χ0) is 12.5. The monoisotopic (exact) mass is 252 g/mol. The lowest BCUT2D eigenvalue weighted by molar-refractivity contribution is 1.29. The number of fused-ring (bicyclic) bond motifs is 3. The summed E-state index contributed by atoms with van der Waals surface area (Å²) in [5, 5.41) is 0. The van der Waals surface area contributed by atoms with Gasteiger partial charge in [-0.2, -0.15) is 0 Å². The summed E-state index contributed by atoms with van der Waals surface area (Å²) in [5.41, 5.74) is 11.3. The summed E-state index contributed by atoms with van der Waals surface area (Å²) >= 11 is 4.90. The Morgan fingerprint density at radius 3 is 1.78 bits per heavy atom. The Morgan fingerprint density at radius 1 is 0.889 bits per heavy atom. The van der Waals surface area contributed by atoms with E-state index in [-0.39, 0.29) is 0 Å². The molecule has 2 nitrogen and oxygen atoms in total. The minimum absolute atomic E-state index is 0.396. The van der Waals surface area contributed by atoms with Gasteiger partial charge in [-0.3, -0.25) is 4.99 Å². The van der Waals surface area contributed by atoms with Crippen molar-refractivity contribution in [1.29, 1.82) is 0 Å². The van der Waals surface area contributed by atoms with Crippen molar-refractivity contribution in [3.8, 4) is 11.1 Å². The second kappa shape index (κ2) is 4.35. The van der Waals surface area contributed by atoms with E-state index in [4.69, 9.17) is 18.0 Å². The van der Waals surface area contributed by atoms with Crippen LogP contribution in [0.15, 0.2) is 53.5 Å². The van der Waals surface area contributed by atoms with Crippen LogP contribution in [-0.2, 0) is 0 Å². The van der Waals surface area contributed by atoms with Crippen molar-refractivity contribution in [2.75, 3.05) is 6.54 Å². The second-order valence-corrected chi connectivity index (χ2v) is 4.75. The maximum absolute atomic E-state index is 5.53. The lowest BCUT2D eigenvalue weighted by atomic mass is 10.1. The maximum Gasteiger partial charge on any atom is 0.0945 e. The number of nitrogens with two attached hydrogens (primary N) is 1. The lowest BCUT2D eigenvalue weighted by Gasteiger charge is -2.01. The van der Waals surface area contributed by atoms with Crippen LogP contribution in [0.2, 0.25) is 0 Å². The van der Waals surface area contributed by atoms with Crippen molar-refractivity contribution in [3.05, 3.63) is 59.7 Å². The molecule has 1 aliphatic carbocycles. The standard InChI is InChI=1S/C15H12N2S/c16-14(18)9-17-15-12-7-3-1-5-10(12)11-6-2-4-8-13(11)15/h1-8H,9H2,(H2,16,18). The molecule has 18 heavy (non-hydrogen) atoms. The zero-order valence-electron chi connectivity index (χ0n) is 9.76. The summed E-state index contributed by atoms with van der Waals surface area (Å²) in [4.78, 5) is 4.98. The van der Waals surface area contributed by atoms with E-state index in [1.165, 1.54) is 11.1 Å². The quantitative estimate of drug-likeness (QED) is 0.712. The molecule has 0 bridgehead atoms. The van der Waals surface area contributed by atoms with E-state index in [2.05, 4.69) is 29.3 Å². The highest BCUT2D eigenvalue weighted by Gasteiger charge is 2.23. The van der Waals surface area contributed by atoms with Crippen LogP contribution in [0.5, 0.6) is 0 Å². The second-order valence-electron chi connectivity index (χ2n) is 4.22. The molecule has 0 spiro atoms. The van der Waals surface area contributed by atoms with Gasteiger partial charge < -0.3 is 5.73 Å². The van der Waals surface area contributed by atoms with E-state index >= 15 is 0 Å². The van der Waals surface area contributed by atoms with Crippen molar-refractivity contribution >= 4 is 22.9 Å². The van der Waals surface area contributed by atoms with E-state index in [1.807, 2.05) is 24.3 Å². The summed E-state index contributed by atoms with van der Waals surface area (Å²) < 4.78 is 0. The smallest absolute Gasteiger partial charge is 0.0945 e. The molecule has 0 radical (unpaired) electrons. The van der Waals surface area contributed by atoms with Crippen LogP contribution >= 0.6 is 12.2 Å². The van der Waals surface area contributed by atoms with Gasteiger partial charge in [0.25, 0.3) is 0 Å². The number of hydrogen-bond donors (Lipinski definition) is 1. The number of rotatable bonds is 2. The van der Waals surface area contributed by atoms with Crippen molar-refractivity contribution in [2.45, 2.75) is 0 Å². The van der Waals surface area contributed by atoms with Gasteiger partial charge >= 0.3 is 0 Å². The molecule has 1 aliphatic rings. The van der Waals surface area contributed by atoms with Crippen LogP contribution in [0.25, 0.3) is 11.1 Å². The fourth-order valence-electron chi connectivity index (χ4n) is 2.32. The number of nitrogens with zero attached hydrogens (tertiary/aromatic N) is 1. The van der Waals surface area contributed by atoms with Crippen molar-refractivity contribution in [3.63, 3.8) is 0 Å². The number of benzene rings is 2. The predicted molar refractivity (Wildman–Crippen MR) is 79.2 cm³/mol. The Labute approximate surface area is 111 Å². The molecule has 0 aromatic heterocycles. The third-order valence-corrected chi connectivity index (χ3v) is 3.18. The van der Waals surface area contributed by atoms with Crippen LogP contribution in [-0.4, -0.2) is 17.2 Å². The predicted octanol–water partition coefficient (Wildman–Crippen LogP) is 2.79. The van der Waals surface area contributed by atoms with Gasteiger partial charge in [0.15, 0.2) is 0 Å². The molecule has 0 aliphatic heterocycles. The van der Waals surface area contributed by atoms with Crippen molar-refractivity contribution in [2.24, 2.45) is 10.7 Å². The molecular formula is C15H12N2S. The number of thiocarbonyl (C=S) groups is 1. The molecule has 2 aromatic carbocycles. The van der Waals surface area contributed by atoms with E-state index in [1.54, 1.807) is 0 Å². The van der Waals surface area contributed by atoms with Crippen LogP contribution in [0, 0.1) is 0 Å². The van der Waals surface area contributed by atoms with E-state index in [0.29, 0.717) is 11.5 Å². The first-order valence-electron chi connectivity index (χ1n) is 5.79. The highest BCUT2D eigenvalue weighted by molar-refractivity contribution is 7.80. The number of aliphatic imine (C=N–C) groups is 1. The fourth-order valence-corrected chi connectivity index (χ4v) is 2.39. The summed E-state index contributed by atoms with van der Waals surface area (Å²) in [6, 6.07) is 16.6. The Morgan fingerprint density at radius 2 is 1.33 bits per heavy atom. The number of hydrogen-bond acceptors (Lipinski definition) is 2. The Balaban J connectivity index is 2.21. The van der Waals surface area contributed by atoms with Crippen molar-refractivity contribution < 1.29 is 0 Å². The molecule has 3 heteroatoms. The summed E-state index contributed by atoms with van der Waals surface area (Å²) in [5.74, 6) is 0. The van der Waals surface area contributed by atoms with E-state index in [9.17, 15) is 0 Å². The van der Waals surface area contributed by atoms with Gasteiger partial charge in [0, 0.05) is 11.1 Å². The van der Waals surface area contributed by atoms with Gasteiger partial charge in [-0.05, 0) is 11.1 Å². The van der Waals surface area contributed by atoms with Crippen LogP contribution in [0.1, 0.15) is 11.1 Å². The molecular weight excluding hydrogens is 240 g/mol. The van der Waals surface area contributed by atoms with Crippen molar-refractivity contribution in [1.82, 2.24) is 0 Å². The Kier molecular flexibility index (Phi) is 2.68. The molecule has 0 heterocycles. The van der Waals surface area contributed by atoms with Gasteiger partial charge in [-0.15, -0.1) is 0 Å². The van der Waals surface area contributed by atoms with Crippen LogP contribution < -0.4 is 5.73 Å². The Bertz CT molecular complexity index is 612. The summed E-state index contributed by atoms with van der Waals surface area (Å²) in [7, 11) is 0. The highest BCUT2D eigenvalue weighted by Crippen LogP contribution is 2.36. The maximum atomic E-state index is 5.53. The first-order chi connectivity index (χ1) is 8.77. The molecule has 0 saturated carbocycles. The molecule has 0 unspecified atom stereocenters. The normalized spacial score (nSPS) is 11.9. The van der Waals surface area contributed by atoms with Gasteiger partial charge in [0.1, 0.15) is 0 Å². The molecule has 0 saturated heterocycles. The molecule has 0 amide bonds. The minimum Gasteiger partial charge on any atom is -0.392 e. The third-order valence-electron chi connectivity index (χ3n) is 3.05. The largest absolute Gasteiger partial charge is 0.392 e. The fraction of sp³-hybridized carbons (Fsp3) is 0.0667. The summed E-state index contributed by atoms with van der Waals surface area (Å²) in [6.07, 6.45) is 0. The van der Waals surface area contributed by atoms with Gasteiger partial charge in [0.2, 0.25) is 0 Å². The molecule has 2 N–H and O–H groups in total. The SMILES string of the molecule is NC(=S)CN=C1c2ccccc2-c2ccccc21. The zero-order valence-corrected chi connectivity index (χ0v) is 10.6. The molecule has 0 atom stereocenters. The van der Waals surface area contributed by atoms with Gasteiger partial charge in [0.05, 0.1) is 17.2 Å². The topological polar surface area (TPSA) is 38.4 Å². The molecule has 0 fully saturated rings. The lowest BCUT2D eigenvalue weighted by Crippen LogP contribution is -2.13. The molecule has 3 rings (SSSR count). The van der Waals surface area contributed by atoms with Crippen LogP contribution in [0.3, 0.4) is 0 Å². The van der Waals surface area contributed by atoms with Gasteiger partial charge in [-0.1, -0.05) is 60.7 Å². The van der Waals surface area contributed by atoms with Gasteiger partial charge in [-0.25, -0.2) is 0 Å². The Hall–Kier alpha value is -2.00. The third kappa shape index (κ3) is 1.73. The summed E-state index contributed by atoms with van der Waals surface area (Å²) in [6.45, 7) is 0.396. The first-order valence-corrected chi connectivity index (χ1v) is 6.20. The average molecular weight is 252 g/mol. The minimum atomic E-state index is 0.396.